The van der Waals surface area contributed by atoms with Gasteiger partial charge in [0.25, 0.3) is 11.5 Å². The molecule has 0 aliphatic heterocycles. The van der Waals surface area contributed by atoms with E-state index in [1.165, 1.54) is 12.3 Å². The standard InChI is InChI=1S/C20H17FN2O2/c21-17-8-4-3-7-16(17)20(9-10-20)12-23-19(25)15-11-22-18(24)14-6-2-1-5-13(14)15/h1-8,11H,9-10,12H2,(H,22,24)(H,23,25). The van der Waals surface area contributed by atoms with E-state index < -0.39 is 0 Å². The molecule has 1 aromatic heterocycles. The number of hydrogen-bond acceptors (Lipinski definition) is 2. The molecule has 1 aliphatic rings. The van der Waals surface area contributed by atoms with Crippen LogP contribution in [0, 0.1) is 5.82 Å². The lowest BCUT2D eigenvalue weighted by molar-refractivity contribution is 0.0950. The molecule has 5 heteroatoms. The Morgan fingerprint density at radius 3 is 2.48 bits per heavy atom. The molecule has 1 amide bonds. The van der Waals surface area contributed by atoms with Gasteiger partial charge in [0.2, 0.25) is 0 Å². The van der Waals surface area contributed by atoms with E-state index in [2.05, 4.69) is 10.3 Å². The summed E-state index contributed by atoms with van der Waals surface area (Å²) in [5.41, 5.74) is 0.525. The maximum atomic E-state index is 14.1. The monoisotopic (exact) mass is 336 g/mol. The number of carbonyl (C=O) groups is 1. The molecule has 0 unspecified atom stereocenters. The van der Waals surface area contributed by atoms with Gasteiger partial charge in [-0.15, -0.1) is 0 Å². The minimum atomic E-state index is -0.320. The van der Waals surface area contributed by atoms with Gasteiger partial charge in [-0.05, 0) is 30.5 Å². The summed E-state index contributed by atoms with van der Waals surface area (Å²) in [7, 11) is 0. The van der Waals surface area contributed by atoms with Crippen LogP contribution < -0.4 is 10.9 Å². The van der Waals surface area contributed by atoms with E-state index in [0.717, 1.165) is 12.8 Å². The van der Waals surface area contributed by atoms with E-state index in [0.29, 0.717) is 28.4 Å². The molecule has 1 fully saturated rings. The molecule has 1 heterocycles. The van der Waals surface area contributed by atoms with Crippen LogP contribution in [-0.4, -0.2) is 17.4 Å². The number of aromatic nitrogens is 1. The number of halogens is 1. The number of nitrogens with one attached hydrogen (secondary N) is 2. The van der Waals surface area contributed by atoms with Crippen LogP contribution >= 0.6 is 0 Å². The number of carbonyl (C=O) groups excluding carboxylic acids is 1. The summed E-state index contributed by atoms with van der Waals surface area (Å²) in [5, 5.41) is 4.00. The topological polar surface area (TPSA) is 62.0 Å². The van der Waals surface area contributed by atoms with Gasteiger partial charge in [-0.1, -0.05) is 36.4 Å². The average molecular weight is 336 g/mol. The highest BCUT2D eigenvalue weighted by Crippen LogP contribution is 2.48. The van der Waals surface area contributed by atoms with Crippen molar-refractivity contribution in [1.29, 1.82) is 0 Å². The van der Waals surface area contributed by atoms with E-state index in [1.54, 1.807) is 36.4 Å². The van der Waals surface area contributed by atoms with Crippen LogP contribution in [0.4, 0.5) is 4.39 Å². The SMILES string of the molecule is O=C(NCC1(c2ccccc2F)CC1)c1c[nH]c(=O)c2ccccc12. The number of amides is 1. The Kier molecular flexibility index (Phi) is 3.64. The Morgan fingerprint density at radius 2 is 1.76 bits per heavy atom. The molecule has 1 saturated carbocycles. The van der Waals surface area contributed by atoms with Crippen molar-refractivity contribution in [1.82, 2.24) is 10.3 Å². The van der Waals surface area contributed by atoms with Crippen molar-refractivity contribution >= 4 is 16.7 Å². The van der Waals surface area contributed by atoms with E-state index >= 15 is 0 Å². The minimum Gasteiger partial charge on any atom is -0.351 e. The van der Waals surface area contributed by atoms with Gasteiger partial charge in [-0.2, -0.15) is 0 Å². The lowest BCUT2D eigenvalue weighted by Gasteiger charge is -2.17. The second-order valence-electron chi connectivity index (χ2n) is 6.52. The minimum absolute atomic E-state index is 0.225. The largest absolute Gasteiger partial charge is 0.351 e. The van der Waals surface area contributed by atoms with Crippen molar-refractivity contribution in [3.8, 4) is 0 Å². The average Bonchev–Trinajstić information content (AvgIpc) is 3.42. The van der Waals surface area contributed by atoms with Crippen molar-refractivity contribution in [3.05, 3.63) is 82.0 Å². The zero-order valence-corrected chi connectivity index (χ0v) is 13.5. The normalized spacial score (nSPS) is 15.1. The molecule has 126 valence electrons. The first-order valence-corrected chi connectivity index (χ1v) is 8.24. The van der Waals surface area contributed by atoms with Crippen molar-refractivity contribution in [3.63, 3.8) is 0 Å². The molecule has 0 spiro atoms. The molecule has 2 aromatic carbocycles. The van der Waals surface area contributed by atoms with Gasteiger partial charge in [0.1, 0.15) is 5.82 Å². The van der Waals surface area contributed by atoms with Gasteiger partial charge in [0, 0.05) is 28.9 Å². The number of H-pyrrole nitrogens is 1. The highest BCUT2D eigenvalue weighted by molar-refractivity contribution is 6.06. The zero-order valence-electron chi connectivity index (χ0n) is 13.5. The number of pyridine rings is 1. The summed E-state index contributed by atoms with van der Waals surface area (Å²) < 4.78 is 14.1. The number of rotatable bonds is 4. The molecule has 0 bridgehead atoms. The smallest absolute Gasteiger partial charge is 0.255 e. The fraction of sp³-hybridized carbons (Fsp3) is 0.200. The third-order valence-corrected chi connectivity index (χ3v) is 4.94. The third-order valence-electron chi connectivity index (χ3n) is 4.94. The summed E-state index contributed by atoms with van der Waals surface area (Å²) in [6, 6.07) is 13.7. The van der Waals surface area contributed by atoms with Crippen LogP contribution in [0.5, 0.6) is 0 Å². The van der Waals surface area contributed by atoms with Crippen molar-refractivity contribution in [2.45, 2.75) is 18.3 Å². The van der Waals surface area contributed by atoms with Crippen LogP contribution in [-0.2, 0) is 5.41 Å². The Morgan fingerprint density at radius 1 is 1.08 bits per heavy atom. The van der Waals surface area contributed by atoms with Crippen molar-refractivity contribution < 1.29 is 9.18 Å². The van der Waals surface area contributed by atoms with Gasteiger partial charge in [0.15, 0.2) is 0 Å². The highest BCUT2D eigenvalue weighted by atomic mass is 19.1. The van der Waals surface area contributed by atoms with E-state index in [-0.39, 0.29) is 22.7 Å². The van der Waals surface area contributed by atoms with Crippen molar-refractivity contribution in [2.75, 3.05) is 6.54 Å². The maximum Gasteiger partial charge on any atom is 0.255 e. The fourth-order valence-corrected chi connectivity index (χ4v) is 3.33. The number of hydrogen-bond donors (Lipinski definition) is 2. The molecule has 0 saturated heterocycles. The van der Waals surface area contributed by atoms with Crippen LogP contribution in [0.3, 0.4) is 0 Å². The van der Waals surface area contributed by atoms with Gasteiger partial charge < -0.3 is 10.3 Å². The summed E-state index contributed by atoms with van der Waals surface area (Å²) in [6.45, 7) is 0.375. The van der Waals surface area contributed by atoms with E-state index in [1.807, 2.05) is 6.07 Å². The van der Waals surface area contributed by atoms with E-state index in [9.17, 15) is 14.0 Å². The summed E-state index contributed by atoms with van der Waals surface area (Å²) >= 11 is 0. The van der Waals surface area contributed by atoms with Gasteiger partial charge >= 0.3 is 0 Å². The molecule has 1 aliphatic carbocycles. The molecule has 2 N–H and O–H groups in total. The lowest BCUT2D eigenvalue weighted by Crippen LogP contribution is -2.33. The number of fused-ring (bicyclic) bond motifs is 1. The molecule has 0 atom stereocenters. The predicted octanol–water partition coefficient (Wildman–Crippen LogP) is 3.13. The second kappa shape index (κ2) is 5.84. The predicted molar refractivity (Wildman–Crippen MR) is 94.2 cm³/mol. The van der Waals surface area contributed by atoms with Crippen LogP contribution in [0.15, 0.2) is 59.5 Å². The first-order chi connectivity index (χ1) is 12.1. The zero-order chi connectivity index (χ0) is 17.4. The van der Waals surface area contributed by atoms with Gasteiger partial charge in [-0.25, -0.2) is 4.39 Å². The Hall–Kier alpha value is -2.95. The van der Waals surface area contributed by atoms with Gasteiger partial charge in [-0.3, -0.25) is 9.59 Å². The Balaban J connectivity index is 1.59. The number of aromatic amines is 1. The molecule has 3 aromatic rings. The summed E-state index contributed by atoms with van der Waals surface area (Å²) in [4.78, 5) is 27.1. The van der Waals surface area contributed by atoms with Crippen LogP contribution in [0.1, 0.15) is 28.8 Å². The Labute approximate surface area is 143 Å². The number of benzene rings is 2. The highest BCUT2D eigenvalue weighted by Gasteiger charge is 2.46. The summed E-state index contributed by atoms with van der Waals surface area (Å²) in [5.74, 6) is -0.501. The first-order valence-electron chi connectivity index (χ1n) is 8.24. The van der Waals surface area contributed by atoms with Crippen molar-refractivity contribution in [2.24, 2.45) is 0 Å². The third kappa shape index (κ3) is 2.71. The molecule has 4 nitrogen and oxygen atoms in total. The molecule has 0 radical (unpaired) electrons. The van der Waals surface area contributed by atoms with Gasteiger partial charge in [0.05, 0.1) is 5.56 Å². The quantitative estimate of drug-likeness (QED) is 0.769. The van der Waals surface area contributed by atoms with Crippen LogP contribution in [0.2, 0.25) is 0 Å². The molecule has 4 rings (SSSR count). The summed E-state index contributed by atoms with van der Waals surface area (Å²) in [6.07, 6.45) is 3.13. The lowest BCUT2D eigenvalue weighted by atomic mass is 9.95. The molecular weight excluding hydrogens is 319 g/mol. The van der Waals surface area contributed by atoms with E-state index in [4.69, 9.17) is 0 Å². The van der Waals surface area contributed by atoms with Crippen LogP contribution in [0.25, 0.3) is 10.8 Å². The molecular formula is C20H17FN2O2. The first kappa shape index (κ1) is 15.6. The second-order valence-corrected chi connectivity index (χ2v) is 6.52. The maximum absolute atomic E-state index is 14.1. The fourth-order valence-electron chi connectivity index (χ4n) is 3.33. The Bertz CT molecular complexity index is 1020. The molecule has 25 heavy (non-hydrogen) atoms.